The van der Waals surface area contributed by atoms with E-state index in [0.29, 0.717) is 22.1 Å². The molecule has 5 nitrogen and oxygen atoms in total. The van der Waals surface area contributed by atoms with Gasteiger partial charge in [0.15, 0.2) is 5.82 Å². The second kappa shape index (κ2) is 4.90. The van der Waals surface area contributed by atoms with Crippen LogP contribution >= 0.6 is 11.6 Å². The van der Waals surface area contributed by atoms with Gasteiger partial charge in [-0.15, -0.1) is 5.10 Å². The van der Waals surface area contributed by atoms with Crippen LogP contribution in [0, 0.1) is 5.82 Å². The fourth-order valence-corrected chi connectivity index (χ4v) is 2.02. The highest BCUT2D eigenvalue weighted by Gasteiger charge is 2.12. The van der Waals surface area contributed by atoms with Gasteiger partial charge < -0.3 is 5.73 Å². The highest BCUT2D eigenvalue weighted by molar-refractivity contribution is 6.30. The largest absolute Gasteiger partial charge is 0.396 e. The van der Waals surface area contributed by atoms with Crippen LogP contribution in [0.5, 0.6) is 0 Å². The smallest absolute Gasteiger partial charge is 0.187 e. The lowest BCUT2D eigenvalue weighted by Gasteiger charge is -2.06. The summed E-state index contributed by atoms with van der Waals surface area (Å²) in [5, 5.41) is 12.1. The molecule has 0 spiro atoms. The Balaban J connectivity index is 2.12. The molecule has 2 aromatic carbocycles. The molecule has 7 heteroatoms. The Morgan fingerprint density at radius 1 is 1.15 bits per heavy atom. The van der Waals surface area contributed by atoms with Crippen LogP contribution in [-0.2, 0) is 0 Å². The predicted molar refractivity (Wildman–Crippen MR) is 74.0 cm³/mol. The van der Waals surface area contributed by atoms with E-state index < -0.39 is 5.82 Å². The third kappa shape index (κ3) is 2.21. The molecule has 3 rings (SSSR count). The average molecular weight is 290 g/mol. The maximum Gasteiger partial charge on any atom is 0.187 e. The van der Waals surface area contributed by atoms with Crippen LogP contribution in [-0.4, -0.2) is 20.2 Å². The molecule has 0 bridgehead atoms. The lowest BCUT2D eigenvalue weighted by molar-refractivity contribution is 0.632. The maximum absolute atomic E-state index is 13.2. The number of nitrogen functional groups attached to an aromatic ring is 1. The molecule has 0 fully saturated rings. The summed E-state index contributed by atoms with van der Waals surface area (Å²) < 4.78 is 14.7. The molecule has 2 N–H and O–H groups in total. The fraction of sp³-hybridized carbons (Fsp3) is 0. The van der Waals surface area contributed by atoms with Crippen molar-refractivity contribution in [3.8, 4) is 17.1 Å². The summed E-state index contributed by atoms with van der Waals surface area (Å²) in [6.45, 7) is 0. The maximum atomic E-state index is 13.2. The molecule has 3 aromatic rings. The van der Waals surface area contributed by atoms with Gasteiger partial charge in [-0.25, -0.2) is 4.39 Å². The van der Waals surface area contributed by atoms with Crippen LogP contribution in [0.3, 0.4) is 0 Å². The van der Waals surface area contributed by atoms with Gasteiger partial charge in [-0.2, -0.15) is 4.68 Å². The third-order valence-electron chi connectivity index (χ3n) is 2.78. The Labute approximate surface area is 118 Å². The van der Waals surface area contributed by atoms with Crippen molar-refractivity contribution in [1.29, 1.82) is 0 Å². The first-order valence-electron chi connectivity index (χ1n) is 5.75. The standard InChI is InChI=1S/C13H9ClFN5/c14-9-2-1-3-10(7-9)20-13(17-18-19-20)8-4-5-11(15)12(16)6-8/h1-7H,16H2. The van der Waals surface area contributed by atoms with Crippen molar-refractivity contribution in [1.82, 2.24) is 20.2 Å². The van der Waals surface area contributed by atoms with E-state index in [9.17, 15) is 4.39 Å². The molecule has 20 heavy (non-hydrogen) atoms. The molecule has 0 radical (unpaired) electrons. The molecule has 0 atom stereocenters. The van der Waals surface area contributed by atoms with E-state index in [2.05, 4.69) is 15.5 Å². The summed E-state index contributed by atoms with van der Waals surface area (Å²) >= 11 is 5.95. The number of benzene rings is 2. The van der Waals surface area contributed by atoms with E-state index in [1.165, 1.54) is 16.8 Å². The second-order valence-electron chi connectivity index (χ2n) is 4.13. The molecule has 0 aliphatic rings. The van der Waals surface area contributed by atoms with E-state index in [-0.39, 0.29) is 5.69 Å². The molecule has 100 valence electrons. The Hall–Kier alpha value is -2.47. The summed E-state index contributed by atoms with van der Waals surface area (Å²) in [6, 6.07) is 11.4. The first-order valence-corrected chi connectivity index (χ1v) is 6.12. The second-order valence-corrected chi connectivity index (χ2v) is 4.57. The quantitative estimate of drug-likeness (QED) is 0.736. The van der Waals surface area contributed by atoms with Gasteiger partial charge in [-0.05, 0) is 46.8 Å². The number of nitrogens with zero attached hydrogens (tertiary/aromatic N) is 4. The Kier molecular flexibility index (Phi) is 3.08. The molecule has 0 aliphatic heterocycles. The lowest BCUT2D eigenvalue weighted by Crippen LogP contribution is -2.00. The lowest BCUT2D eigenvalue weighted by atomic mass is 10.2. The van der Waals surface area contributed by atoms with Gasteiger partial charge in [0.2, 0.25) is 0 Å². The minimum atomic E-state index is -0.476. The summed E-state index contributed by atoms with van der Waals surface area (Å²) in [6.07, 6.45) is 0. The summed E-state index contributed by atoms with van der Waals surface area (Å²) in [4.78, 5) is 0. The third-order valence-corrected chi connectivity index (χ3v) is 3.01. The predicted octanol–water partition coefficient (Wildman–Crippen LogP) is 2.70. The molecule has 0 saturated heterocycles. The summed E-state index contributed by atoms with van der Waals surface area (Å²) in [7, 11) is 0. The minimum absolute atomic E-state index is 0.0446. The fourth-order valence-electron chi connectivity index (χ4n) is 1.83. The van der Waals surface area contributed by atoms with Crippen LogP contribution in [0.1, 0.15) is 0 Å². The van der Waals surface area contributed by atoms with Crippen molar-refractivity contribution in [2.75, 3.05) is 5.73 Å². The monoisotopic (exact) mass is 289 g/mol. The average Bonchev–Trinajstić information content (AvgIpc) is 2.91. The van der Waals surface area contributed by atoms with Gasteiger partial charge in [0.05, 0.1) is 11.4 Å². The Bertz CT molecular complexity index is 771. The number of rotatable bonds is 2. The van der Waals surface area contributed by atoms with Crippen LogP contribution in [0.15, 0.2) is 42.5 Å². The van der Waals surface area contributed by atoms with Gasteiger partial charge >= 0.3 is 0 Å². The highest BCUT2D eigenvalue weighted by Crippen LogP contribution is 2.24. The Morgan fingerprint density at radius 3 is 2.75 bits per heavy atom. The number of aromatic nitrogens is 4. The topological polar surface area (TPSA) is 69.6 Å². The number of nitrogens with two attached hydrogens (primary N) is 1. The van der Waals surface area contributed by atoms with Crippen molar-refractivity contribution in [3.63, 3.8) is 0 Å². The molecule has 0 amide bonds. The first kappa shape index (κ1) is 12.6. The number of anilines is 1. The number of halogens is 2. The van der Waals surface area contributed by atoms with Gasteiger partial charge in [0.1, 0.15) is 5.82 Å². The molecular weight excluding hydrogens is 281 g/mol. The normalized spacial score (nSPS) is 10.7. The Morgan fingerprint density at radius 2 is 2.00 bits per heavy atom. The van der Waals surface area contributed by atoms with Crippen molar-refractivity contribution in [2.45, 2.75) is 0 Å². The van der Waals surface area contributed by atoms with Crippen LogP contribution in [0.2, 0.25) is 5.02 Å². The number of hydrogen-bond acceptors (Lipinski definition) is 4. The molecular formula is C13H9ClFN5. The zero-order valence-corrected chi connectivity index (χ0v) is 10.9. The van der Waals surface area contributed by atoms with Gasteiger partial charge in [0, 0.05) is 10.6 Å². The van der Waals surface area contributed by atoms with Crippen LogP contribution < -0.4 is 5.73 Å². The molecule has 0 unspecified atom stereocenters. The van der Waals surface area contributed by atoms with E-state index in [0.717, 1.165) is 0 Å². The van der Waals surface area contributed by atoms with Crippen molar-refractivity contribution in [2.24, 2.45) is 0 Å². The first-order chi connectivity index (χ1) is 9.65. The zero-order valence-electron chi connectivity index (χ0n) is 10.2. The van der Waals surface area contributed by atoms with E-state index >= 15 is 0 Å². The highest BCUT2D eigenvalue weighted by atomic mass is 35.5. The van der Waals surface area contributed by atoms with Crippen LogP contribution in [0.4, 0.5) is 10.1 Å². The van der Waals surface area contributed by atoms with E-state index in [1.807, 2.05) is 6.07 Å². The zero-order chi connectivity index (χ0) is 14.1. The molecule has 0 saturated carbocycles. The summed E-state index contributed by atoms with van der Waals surface area (Å²) in [5.41, 5.74) is 6.94. The van der Waals surface area contributed by atoms with Crippen molar-refractivity contribution < 1.29 is 4.39 Å². The van der Waals surface area contributed by atoms with Crippen molar-refractivity contribution in [3.05, 3.63) is 53.3 Å². The van der Waals surface area contributed by atoms with Crippen LogP contribution in [0.25, 0.3) is 17.1 Å². The van der Waals surface area contributed by atoms with E-state index in [4.69, 9.17) is 17.3 Å². The SMILES string of the molecule is Nc1cc(-c2nnnn2-c2cccc(Cl)c2)ccc1F. The number of tetrazole rings is 1. The van der Waals surface area contributed by atoms with Gasteiger partial charge in [0.25, 0.3) is 0 Å². The van der Waals surface area contributed by atoms with Crippen molar-refractivity contribution >= 4 is 17.3 Å². The number of hydrogen-bond donors (Lipinski definition) is 1. The summed E-state index contributed by atoms with van der Waals surface area (Å²) in [5.74, 6) is -0.0190. The van der Waals surface area contributed by atoms with Gasteiger partial charge in [-0.1, -0.05) is 17.7 Å². The minimum Gasteiger partial charge on any atom is -0.396 e. The molecule has 1 heterocycles. The van der Waals surface area contributed by atoms with E-state index in [1.54, 1.807) is 24.3 Å². The van der Waals surface area contributed by atoms with Gasteiger partial charge in [-0.3, -0.25) is 0 Å². The molecule has 0 aliphatic carbocycles. The molecule has 1 aromatic heterocycles.